The summed E-state index contributed by atoms with van der Waals surface area (Å²) in [4.78, 5) is 11.7. The standard InChI is InChI=1S/C15H24N2O2/c1-11-5-4-6-14(9-11)19-8-7-15(18)17-13(3)10-12(2)16/h4-6,9,12-13H,7-8,10,16H2,1-3H3,(H,17,18). The summed E-state index contributed by atoms with van der Waals surface area (Å²) in [5.41, 5.74) is 6.83. The Hall–Kier alpha value is -1.55. The van der Waals surface area contributed by atoms with E-state index in [-0.39, 0.29) is 18.0 Å². The summed E-state index contributed by atoms with van der Waals surface area (Å²) in [5.74, 6) is 0.803. The van der Waals surface area contributed by atoms with Crippen molar-refractivity contribution < 1.29 is 9.53 Å². The molecule has 1 aromatic carbocycles. The summed E-state index contributed by atoms with van der Waals surface area (Å²) in [6, 6.07) is 8.00. The van der Waals surface area contributed by atoms with E-state index in [9.17, 15) is 4.79 Å². The number of carbonyl (C=O) groups is 1. The van der Waals surface area contributed by atoms with Crippen molar-refractivity contribution in [3.05, 3.63) is 29.8 Å². The topological polar surface area (TPSA) is 64.3 Å². The molecule has 0 aliphatic rings. The number of aryl methyl sites for hydroxylation is 1. The normalized spacial score (nSPS) is 13.7. The number of carbonyl (C=O) groups excluding carboxylic acids is 1. The lowest BCUT2D eigenvalue weighted by atomic mass is 10.1. The molecule has 0 saturated carbocycles. The minimum Gasteiger partial charge on any atom is -0.493 e. The summed E-state index contributed by atoms with van der Waals surface area (Å²) in [5, 5.41) is 2.91. The molecule has 0 fully saturated rings. The van der Waals surface area contributed by atoms with Gasteiger partial charge in [0.05, 0.1) is 13.0 Å². The summed E-state index contributed by atoms with van der Waals surface area (Å²) in [6.45, 7) is 6.29. The van der Waals surface area contributed by atoms with Gasteiger partial charge in [0.1, 0.15) is 5.75 Å². The molecule has 2 unspecified atom stereocenters. The van der Waals surface area contributed by atoms with Crippen LogP contribution in [0.4, 0.5) is 0 Å². The lowest BCUT2D eigenvalue weighted by molar-refractivity contribution is -0.122. The monoisotopic (exact) mass is 264 g/mol. The Balaban J connectivity index is 2.23. The molecule has 106 valence electrons. The first kappa shape index (κ1) is 15.5. The zero-order valence-corrected chi connectivity index (χ0v) is 12.0. The van der Waals surface area contributed by atoms with Gasteiger partial charge in [-0.1, -0.05) is 12.1 Å². The van der Waals surface area contributed by atoms with Crippen molar-refractivity contribution in [2.24, 2.45) is 5.73 Å². The lowest BCUT2D eigenvalue weighted by Gasteiger charge is -2.16. The fraction of sp³-hybridized carbons (Fsp3) is 0.533. The molecule has 4 heteroatoms. The van der Waals surface area contributed by atoms with Gasteiger partial charge in [-0.15, -0.1) is 0 Å². The summed E-state index contributed by atoms with van der Waals surface area (Å²) in [6.07, 6.45) is 1.14. The summed E-state index contributed by atoms with van der Waals surface area (Å²) < 4.78 is 5.53. The Bertz CT molecular complexity index is 405. The molecule has 3 N–H and O–H groups in total. The molecule has 1 rings (SSSR count). The first-order chi connectivity index (χ1) is 8.97. The molecule has 2 atom stereocenters. The van der Waals surface area contributed by atoms with E-state index < -0.39 is 0 Å². The van der Waals surface area contributed by atoms with Crippen LogP contribution in [0.2, 0.25) is 0 Å². The predicted octanol–water partition coefficient (Wildman–Crippen LogP) is 2.01. The molecule has 0 bridgehead atoms. The molecule has 1 amide bonds. The molecule has 0 saturated heterocycles. The van der Waals surface area contributed by atoms with Gasteiger partial charge in [0.25, 0.3) is 0 Å². The van der Waals surface area contributed by atoms with Crippen LogP contribution in [0.25, 0.3) is 0 Å². The van der Waals surface area contributed by atoms with E-state index >= 15 is 0 Å². The largest absolute Gasteiger partial charge is 0.493 e. The second-order valence-corrected chi connectivity index (χ2v) is 5.10. The van der Waals surface area contributed by atoms with Crippen molar-refractivity contribution in [2.75, 3.05) is 6.61 Å². The van der Waals surface area contributed by atoms with Gasteiger partial charge in [-0.2, -0.15) is 0 Å². The number of hydrogen-bond donors (Lipinski definition) is 2. The zero-order valence-electron chi connectivity index (χ0n) is 12.0. The highest BCUT2D eigenvalue weighted by molar-refractivity contribution is 5.76. The highest BCUT2D eigenvalue weighted by Crippen LogP contribution is 2.12. The maximum absolute atomic E-state index is 11.7. The summed E-state index contributed by atoms with van der Waals surface area (Å²) in [7, 11) is 0. The highest BCUT2D eigenvalue weighted by atomic mass is 16.5. The quantitative estimate of drug-likeness (QED) is 0.791. The Labute approximate surface area is 115 Å². The molecule has 0 heterocycles. The SMILES string of the molecule is Cc1cccc(OCCC(=O)NC(C)CC(C)N)c1. The van der Waals surface area contributed by atoms with Gasteiger partial charge < -0.3 is 15.8 Å². The molecular formula is C15H24N2O2. The smallest absolute Gasteiger partial charge is 0.223 e. The third kappa shape index (κ3) is 6.82. The van der Waals surface area contributed by atoms with Gasteiger partial charge in [-0.25, -0.2) is 0 Å². The number of hydrogen-bond acceptors (Lipinski definition) is 3. The number of rotatable bonds is 7. The minimum absolute atomic E-state index is 0.000744. The number of nitrogens with one attached hydrogen (secondary N) is 1. The average molecular weight is 264 g/mol. The number of amides is 1. The molecule has 0 aromatic heterocycles. The van der Waals surface area contributed by atoms with Crippen molar-refractivity contribution in [2.45, 2.75) is 45.7 Å². The van der Waals surface area contributed by atoms with Crippen molar-refractivity contribution in [1.82, 2.24) is 5.32 Å². The highest BCUT2D eigenvalue weighted by Gasteiger charge is 2.09. The Kier molecular flexibility index (Phi) is 6.36. The van der Waals surface area contributed by atoms with Crippen LogP contribution in [0.15, 0.2) is 24.3 Å². The van der Waals surface area contributed by atoms with Crippen molar-refractivity contribution >= 4 is 5.91 Å². The van der Waals surface area contributed by atoms with Gasteiger partial charge in [0.15, 0.2) is 0 Å². The van der Waals surface area contributed by atoms with Gasteiger partial charge in [-0.05, 0) is 44.9 Å². The van der Waals surface area contributed by atoms with E-state index in [4.69, 9.17) is 10.5 Å². The van der Waals surface area contributed by atoms with Crippen LogP contribution < -0.4 is 15.8 Å². The Morgan fingerprint density at radius 3 is 2.79 bits per heavy atom. The van der Waals surface area contributed by atoms with Crippen LogP contribution in [-0.2, 0) is 4.79 Å². The zero-order chi connectivity index (χ0) is 14.3. The Morgan fingerprint density at radius 1 is 1.42 bits per heavy atom. The van der Waals surface area contributed by atoms with Crippen LogP contribution in [0.5, 0.6) is 5.75 Å². The van der Waals surface area contributed by atoms with E-state index in [1.807, 2.05) is 45.0 Å². The predicted molar refractivity (Wildman–Crippen MR) is 77.2 cm³/mol. The average Bonchev–Trinajstić information content (AvgIpc) is 2.27. The fourth-order valence-corrected chi connectivity index (χ4v) is 1.93. The van der Waals surface area contributed by atoms with Crippen LogP contribution in [0.1, 0.15) is 32.3 Å². The molecule has 19 heavy (non-hydrogen) atoms. The van der Waals surface area contributed by atoms with E-state index in [1.54, 1.807) is 0 Å². The second-order valence-electron chi connectivity index (χ2n) is 5.10. The van der Waals surface area contributed by atoms with Gasteiger partial charge in [-0.3, -0.25) is 4.79 Å². The maximum Gasteiger partial charge on any atom is 0.223 e. The number of benzene rings is 1. The number of ether oxygens (including phenoxy) is 1. The van der Waals surface area contributed by atoms with Crippen LogP contribution in [0, 0.1) is 6.92 Å². The molecular weight excluding hydrogens is 240 g/mol. The third-order valence-corrected chi connectivity index (χ3v) is 2.72. The Morgan fingerprint density at radius 2 is 2.16 bits per heavy atom. The number of nitrogens with two attached hydrogens (primary N) is 1. The molecule has 0 aliphatic heterocycles. The van der Waals surface area contributed by atoms with Crippen molar-refractivity contribution in [3.63, 3.8) is 0 Å². The summed E-state index contributed by atoms with van der Waals surface area (Å²) >= 11 is 0. The van der Waals surface area contributed by atoms with E-state index in [0.717, 1.165) is 17.7 Å². The van der Waals surface area contributed by atoms with Gasteiger partial charge in [0, 0.05) is 12.1 Å². The second kappa shape index (κ2) is 7.79. The van der Waals surface area contributed by atoms with Crippen molar-refractivity contribution in [3.8, 4) is 5.75 Å². The van der Waals surface area contributed by atoms with Crippen LogP contribution in [0.3, 0.4) is 0 Å². The molecule has 0 aliphatic carbocycles. The fourth-order valence-electron chi connectivity index (χ4n) is 1.93. The molecule has 4 nitrogen and oxygen atoms in total. The van der Waals surface area contributed by atoms with E-state index in [0.29, 0.717) is 13.0 Å². The van der Waals surface area contributed by atoms with Gasteiger partial charge >= 0.3 is 0 Å². The molecule has 1 aromatic rings. The maximum atomic E-state index is 11.7. The van der Waals surface area contributed by atoms with Crippen LogP contribution >= 0.6 is 0 Å². The van der Waals surface area contributed by atoms with Gasteiger partial charge in [0.2, 0.25) is 5.91 Å². The minimum atomic E-state index is 0.000744. The van der Waals surface area contributed by atoms with Crippen LogP contribution in [-0.4, -0.2) is 24.6 Å². The molecule has 0 radical (unpaired) electrons. The van der Waals surface area contributed by atoms with Crippen molar-refractivity contribution in [1.29, 1.82) is 0 Å². The first-order valence-corrected chi connectivity index (χ1v) is 6.72. The lowest BCUT2D eigenvalue weighted by Crippen LogP contribution is -2.37. The van der Waals surface area contributed by atoms with E-state index in [1.165, 1.54) is 0 Å². The van der Waals surface area contributed by atoms with E-state index in [2.05, 4.69) is 5.32 Å². The molecule has 0 spiro atoms. The first-order valence-electron chi connectivity index (χ1n) is 6.72. The third-order valence-electron chi connectivity index (χ3n) is 2.72.